The van der Waals surface area contributed by atoms with Gasteiger partial charge in [-0.2, -0.15) is 0 Å². The third-order valence-corrected chi connectivity index (χ3v) is 3.68. The summed E-state index contributed by atoms with van der Waals surface area (Å²) in [5.41, 5.74) is 0.234. The maximum absolute atomic E-state index is 13.9. The van der Waals surface area contributed by atoms with Gasteiger partial charge in [0.2, 0.25) is 0 Å². The Kier molecular flexibility index (Phi) is 8.43. The van der Waals surface area contributed by atoms with Gasteiger partial charge in [0.25, 0.3) is 0 Å². The van der Waals surface area contributed by atoms with Gasteiger partial charge in [-0.05, 0) is 25.5 Å². The molecule has 4 heteroatoms. The topological polar surface area (TPSA) is 12.0 Å². The van der Waals surface area contributed by atoms with E-state index in [1.54, 1.807) is 0 Å². The highest BCUT2D eigenvalue weighted by atomic mass is 19.2. The lowest BCUT2D eigenvalue weighted by molar-refractivity contribution is 0.410. The van der Waals surface area contributed by atoms with Crippen LogP contribution in [0.3, 0.4) is 0 Å². The van der Waals surface area contributed by atoms with Crippen molar-refractivity contribution in [1.82, 2.24) is 5.32 Å². The summed E-state index contributed by atoms with van der Waals surface area (Å²) < 4.78 is 40.3. The molecule has 0 saturated carbocycles. The Labute approximate surface area is 125 Å². The molecule has 1 rings (SSSR count). The molecule has 0 aliphatic rings. The molecule has 0 aliphatic carbocycles. The van der Waals surface area contributed by atoms with Crippen molar-refractivity contribution in [3.63, 3.8) is 0 Å². The molecular weight excluding hydrogens is 275 g/mol. The zero-order valence-corrected chi connectivity index (χ0v) is 13.0. The van der Waals surface area contributed by atoms with Crippen molar-refractivity contribution in [2.24, 2.45) is 0 Å². The van der Waals surface area contributed by atoms with Crippen LogP contribution in [-0.2, 0) is 0 Å². The fraction of sp³-hybridized carbons (Fsp3) is 0.647. The molecule has 1 aromatic carbocycles. The lowest BCUT2D eigenvalue weighted by atomic mass is 9.98. The molecule has 120 valence electrons. The molecule has 0 aliphatic heterocycles. The van der Waals surface area contributed by atoms with Crippen LogP contribution in [0.15, 0.2) is 12.1 Å². The van der Waals surface area contributed by atoms with Crippen LogP contribution in [-0.4, -0.2) is 6.54 Å². The SMILES string of the molecule is CCCCCCCC(NCCC)c1ccc(F)c(F)c1F. The van der Waals surface area contributed by atoms with Crippen LogP contribution in [0.4, 0.5) is 13.2 Å². The number of unbranched alkanes of at least 4 members (excludes halogenated alkanes) is 4. The summed E-state index contributed by atoms with van der Waals surface area (Å²) in [6.45, 7) is 4.91. The second kappa shape index (κ2) is 9.82. The molecule has 0 spiro atoms. The van der Waals surface area contributed by atoms with E-state index in [0.717, 1.165) is 44.7 Å². The summed E-state index contributed by atoms with van der Waals surface area (Å²) in [4.78, 5) is 0. The van der Waals surface area contributed by atoms with Gasteiger partial charge < -0.3 is 5.32 Å². The highest BCUT2D eigenvalue weighted by Gasteiger charge is 2.20. The maximum Gasteiger partial charge on any atom is 0.194 e. The Balaban J connectivity index is 2.70. The van der Waals surface area contributed by atoms with Gasteiger partial charge in [-0.25, -0.2) is 13.2 Å². The number of hydrogen-bond donors (Lipinski definition) is 1. The lowest BCUT2D eigenvalue weighted by Crippen LogP contribution is -2.23. The van der Waals surface area contributed by atoms with Crippen molar-refractivity contribution in [3.8, 4) is 0 Å². The van der Waals surface area contributed by atoms with Crippen molar-refractivity contribution < 1.29 is 13.2 Å². The van der Waals surface area contributed by atoms with Crippen molar-refractivity contribution >= 4 is 0 Å². The van der Waals surface area contributed by atoms with Crippen LogP contribution >= 0.6 is 0 Å². The number of halogens is 3. The smallest absolute Gasteiger partial charge is 0.194 e. The van der Waals surface area contributed by atoms with Crippen molar-refractivity contribution in [2.45, 2.75) is 64.8 Å². The first-order chi connectivity index (χ1) is 10.1. The van der Waals surface area contributed by atoms with E-state index in [1.165, 1.54) is 18.9 Å². The molecule has 0 saturated heterocycles. The van der Waals surface area contributed by atoms with E-state index in [-0.39, 0.29) is 11.6 Å². The van der Waals surface area contributed by atoms with E-state index in [1.807, 2.05) is 6.92 Å². The Morgan fingerprint density at radius 2 is 1.62 bits per heavy atom. The molecule has 0 fully saturated rings. The number of nitrogens with one attached hydrogen (secondary N) is 1. The highest BCUT2D eigenvalue weighted by Crippen LogP contribution is 2.25. The highest BCUT2D eigenvalue weighted by molar-refractivity contribution is 5.23. The van der Waals surface area contributed by atoms with Crippen LogP contribution in [0.5, 0.6) is 0 Å². The molecule has 0 heterocycles. The second-order valence-electron chi connectivity index (χ2n) is 5.47. The number of hydrogen-bond acceptors (Lipinski definition) is 1. The molecule has 1 N–H and O–H groups in total. The van der Waals surface area contributed by atoms with Gasteiger partial charge >= 0.3 is 0 Å². The van der Waals surface area contributed by atoms with Crippen molar-refractivity contribution in [1.29, 1.82) is 0 Å². The van der Waals surface area contributed by atoms with E-state index in [4.69, 9.17) is 0 Å². The van der Waals surface area contributed by atoms with Crippen LogP contribution < -0.4 is 5.32 Å². The minimum Gasteiger partial charge on any atom is -0.310 e. The first-order valence-electron chi connectivity index (χ1n) is 7.98. The quantitative estimate of drug-likeness (QED) is 0.444. The molecular formula is C17H26F3N. The second-order valence-corrected chi connectivity index (χ2v) is 5.47. The first kappa shape index (κ1) is 18.0. The first-order valence-corrected chi connectivity index (χ1v) is 7.98. The number of benzene rings is 1. The fourth-order valence-electron chi connectivity index (χ4n) is 2.45. The fourth-order valence-corrected chi connectivity index (χ4v) is 2.45. The summed E-state index contributed by atoms with van der Waals surface area (Å²) in [6.07, 6.45) is 7.24. The van der Waals surface area contributed by atoms with Crippen LogP contribution in [0.2, 0.25) is 0 Å². The summed E-state index contributed by atoms with van der Waals surface area (Å²) in [5.74, 6) is -3.56. The summed E-state index contributed by atoms with van der Waals surface area (Å²) in [6, 6.07) is 2.11. The predicted octanol–water partition coefficient (Wildman–Crippen LogP) is 5.51. The van der Waals surface area contributed by atoms with Gasteiger partial charge in [0.05, 0.1) is 0 Å². The molecule has 0 radical (unpaired) electrons. The molecule has 1 unspecified atom stereocenters. The zero-order valence-electron chi connectivity index (χ0n) is 13.0. The molecule has 0 amide bonds. The van der Waals surface area contributed by atoms with Crippen molar-refractivity contribution in [3.05, 3.63) is 35.1 Å². The summed E-state index contributed by atoms with van der Waals surface area (Å²) in [5, 5.41) is 3.24. The Hall–Kier alpha value is -1.03. The third kappa shape index (κ3) is 5.70. The minimum atomic E-state index is -1.37. The Bertz CT molecular complexity index is 421. The van der Waals surface area contributed by atoms with E-state index >= 15 is 0 Å². The van der Waals surface area contributed by atoms with E-state index < -0.39 is 17.5 Å². The summed E-state index contributed by atoms with van der Waals surface area (Å²) >= 11 is 0. The molecule has 21 heavy (non-hydrogen) atoms. The molecule has 0 bridgehead atoms. The van der Waals surface area contributed by atoms with E-state index in [9.17, 15) is 13.2 Å². The van der Waals surface area contributed by atoms with Gasteiger partial charge in [0.1, 0.15) is 0 Å². The normalized spacial score (nSPS) is 12.6. The molecule has 1 atom stereocenters. The molecule has 1 nitrogen and oxygen atoms in total. The molecule has 1 aromatic rings. The Morgan fingerprint density at radius 1 is 0.905 bits per heavy atom. The molecule has 0 aromatic heterocycles. The van der Waals surface area contributed by atoms with Gasteiger partial charge in [0, 0.05) is 11.6 Å². The maximum atomic E-state index is 13.9. The van der Waals surface area contributed by atoms with Gasteiger partial charge in [-0.15, -0.1) is 0 Å². The zero-order chi connectivity index (χ0) is 15.7. The van der Waals surface area contributed by atoms with E-state index in [2.05, 4.69) is 12.2 Å². The van der Waals surface area contributed by atoms with Gasteiger partial charge in [-0.3, -0.25) is 0 Å². The predicted molar refractivity (Wildman–Crippen MR) is 80.7 cm³/mol. The monoisotopic (exact) mass is 301 g/mol. The average Bonchev–Trinajstić information content (AvgIpc) is 2.48. The standard InChI is InChI=1S/C17H26F3N/c1-3-5-6-7-8-9-15(21-12-4-2)13-10-11-14(18)17(20)16(13)19/h10-11,15,21H,3-9,12H2,1-2H3. The van der Waals surface area contributed by atoms with Gasteiger partial charge in [-0.1, -0.05) is 52.0 Å². The third-order valence-electron chi connectivity index (χ3n) is 3.68. The van der Waals surface area contributed by atoms with Crippen molar-refractivity contribution in [2.75, 3.05) is 6.54 Å². The van der Waals surface area contributed by atoms with Crippen LogP contribution in [0.25, 0.3) is 0 Å². The van der Waals surface area contributed by atoms with Crippen LogP contribution in [0.1, 0.15) is 70.4 Å². The minimum absolute atomic E-state index is 0.234. The largest absolute Gasteiger partial charge is 0.310 e. The average molecular weight is 301 g/mol. The van der Waals surface area contributed by atoms with E-state index in [0.29, 0.717) is 0 Å². The van der Waals surface area contributed by atoms with Crippen LogP contribution in [0, 0.1) is 17.5 Å². The van der Waals surface area contributed by atoms with Gasteiger partial charge in [0.15, 0.2) is 17.5 Å². The summed E-state index contributed by atoms with van der Waals surface area (Å²) in [7, 11) is 0. The lowest BCUT2D eigenvalue weighted by Gasteiger charge is -2.20. The Morgan fingerprint density at radius 3 is 2.29 bits per heavy atom. The number of rotatable bonds is 10.